The number of hydrogen-bond donors (Lipinski definition) is 0. The van der Waals surface area contributed by atoms with Gasteiger partial charge in [0.1, 0.15) is 0 Å². The van der Waals surface area contributed by atoms with E-state index in [1.807, 2.05) is 0 Å². The van der Waals surface area contributed by atoms with Crippen LogP contribution in [0.3, 0.4) is 0 Å². The number of nitrogens with zero attached hydrogens (tertiary/aromatic N) is 1. The molecule has 0 aromatic carbocycles. The molecule has 0 saturated carbocycles. The fraction of sp³-hybridized carbons (Fsp3) is 0.905. The van der Waals surface area contributed by atoms with Gasteiger partial charge in [0, 0.05) is 0 Å². The first kappa shape index (κ1) is 21.7. The Bertz CT molecular complexity index is 222. The summed E-state index contributed by atoms with van der Waals surface area (Å²) in [7, 11) is 2.22. The van der Waals surface area contributed by atoms with E-state index in [0.29, 0.717) is 0 Å². The zero-order valence-corrected chi connectivity index (χ0v) is 15.9. The van der Waals surface area contributed by atoms with Gasteiger partial charge < -0.3 is 4.90 Å². The molecule has 0 bridgehead atoms. The molecule has 0 unspecified atom stereocenters. The van der Waals surface area contributed by atoms with Crippen molar-refractivity contribution in [2.24, 2.45) is 0 Å². The van der Waals surface area contributed by atoms with Crippen LogP contribution >= 0.6 is 0 Å². The molecule has 0 radical (unpaired) electrons. The predicted octanol–water partition coefficient (Wildman–Crippen LogP) is 6.98. The largest absolute Gasteiger partial charge is 0.307 e. The van der Waals surface area contributed by atoms with E-state index in [0.717, 1.165) is 0 Å². The third kappa shape index (κ3) is 17.8. The van der Waals surface area contributed by atoms with Gasteiger partial charge in [0.05, 0.1) is 0 Å². The summed E-state index contributed by atoms with van der Waals surface area (Å²) in [5.41, 5.74) is 0. The van der Waals surface area contributed by atoms with Crippen LogP contribution in [0.5, 0.6) is 0 Å². The molecule has 0 N–H and O–H groups in total. The average Bonchev–Trinajstić information content (AvgIpc) is 2.54. The van der Waals surface area contributed by atoms with Gasteiger partial charge in [-0.2, -0.15) is 0 Å². The van der Waals surface area contributed by atoms with Gasteiger partial charge in [-0.25, -0.2) is 0 Å². The predicted molar refractivity (Wildman–Crippen MR) is 103 cm³/mol. The second-order valence-corrected chi connectivity index (χ2v) is 6.83. The van der Waals surface area contributed by atoms with Crippen molar-refractivity contribution in [3.05, 3.63) is 12.2 Å². The van der Waals surface area contributed by atoms with Gasteiger partial charge in [-0.05, 0) is 52.2 Å². The van der Waals surface area contributed by atoms with Gasteiger partial charge in [0.25, 0.3) is 0 Å². The molecule has 1 nitrogen and oxygen atoms in total. The Morgan fingerprint density at radius 1 is 0.591 bits per heavy atom. The summed E-state index contributed by atoms with van der Waals surface area (Å²) >= 11 is 0. The minimum Gasteiger partial charge on any atom is -0.307 e. The third-order valence-corrected chi connectivity index (χ3v) is 4.59. The Labute approximate surface area is 141 Å². The number of rotatable bonds is 17. The van der Waals surface area contributed by atoms with Crippen molar-refractivity contribution in [1.82, 2.24) is 4.90 Å². The molecule has 22 heavy (non-hydrogen) atoms. The molecule has 0 aliphatic heterocycles. The van der Waals surface area contributed by atoms with E-state index >= 15 is 0 Å². The van der Waals surface area contributed by atoms with Gasteiger partial charge in [-0.1, -0.05) is 83.8 Å². The molecule has 0 aliphatic rings. The van der Waals surface area contributed by atoms with Crippen LogP contribution in [0, 0.1) is 0 Å². The summed E-state index contributed by atoms with van der Waals surface area (Å²) in [6.45, 7) is 6.98. The fourth-order valence-corrected chi connectivity index (χ4v) is 2.79. The van der Waals surface area contributed by atoms with Crippen LogP contribution in [0.1, 0.15) is 104 Å². The molecule has 0 saturated heterocycles. The summed E-state index contributed by atoms with van der Waals surface area (Å²) in [4.78, 5) is 2.41. The highest BCUT2D eigenvalue weighted by atomic mass is 15.1. The maximum absolute atomic E-state index is 2.42. The van der Waals surface area contributed by atoms with Crippen LogP contribution < -0.4 is 0 Å². The van der Waals surface area contributed by atoms with Crippen LogP contribution in [0.2, 0.25) is 0 Å². The van der Waals surface area contributed by atoms with Crippen LogP contribution in [0.4, 0.5) is 0 Å². The highest BCUT2D eigenvalue weighted by Crippen LogP contribution is 2.10. The van der Waals surface area contributed by atoms with E-state index in [9.17, 15) is 0 Å². The third-order valence-electron chi connectivity index (χ3n) is 4.59. The zero-order chi connectivity index (χ0) is 16.3. The lowest BCUT2D eigenvalue weighted by Crippen LogP contribution is -2.18. The lowest BCUT2D eigenvalue weighted by Gasteiger charge is -2.12. The lowest BCUT2D eigenvalue weighted by molar-refractivity contribution is 0.340. The Morgan fingerprint density at radius 2 is 1.05 bits per heavy atom. The lowest BCUT2D eigenvalue weighted by atomic mass is 10.1. The zero-order valence-electron chi connectivity index (χ0n) is 15.9. The van der Waals surface area contributed by atoms with E-state index in [-0.39, 0.29) is 0 Å². The molecular weight excluding hydrogens is 266 g/mol. The molecule has 0 fully saturated rings. The smallest absolute Gasteiger partial charge is 0.00219 e. The van der Waals surface area contributed by atoms with Crippen molar-refractivity contribution >= 4 is 0 Å². The summed E-state index contributed by atoms with van der Waals surface area (Å²) in [6, 6.07) is 0. The summed E-state index contributed by atoms with van der Waals surface area (Å²) in [5.74, 6) is 0. The van der Waals surface area contributed by atoms with Crippen molar-refractivity contribution in [3.63, 3.8) is 0 Å². The minimum atomic E-state index is 1.19. The second-order valence-electron chi connectivity index (χ2n) is 6.83. The summed E-state index contributed by atoms with van der Waals surface area (Å²) in [6.07, 6.45) is 24.4. The monoisotopic (exact) mass is 309 g/mol. The number of allylic oxidation sites excluding steroid dienone is 2. The summed E-state index contributed by atoms with van der Waals surface area (Å²) in [5, 5.41) is 0. The van der Waals surface area contributed by atoms with Crippen molar-refractivity contribution in [2.75, 3.05) is 20.1 Å². The van der Waals surface area contributed by atoms with E-state index < -0.39 is 0 Å². The quantitative estimate of drug-likeness (QED) is 0.207. The second kappa shape index (κ2) is 18.7. The Kier molecular flexibility index (Phi) is 18.5. The molecule has 0 atom stereocenters. The maximum atomic E-state index is 2.42. The SMILES string of the molecule is CCCCCCCC/C=C\CCCCCCCCN(C)CC. The molecule has 132 valence electrons. The molecule has 0 aliphatic carbocycles. The van der Waals surface area contributed by atoms with E-state index in [1.54, 1.807) is 0 Å². The van der Waals surface area contributed by atoms with Gasteiger partial charge in [0.2, 0.25) is 0 Å². The van der Waals surface area contributed by atoms with E-state index in [1.165, 1.54) is 103 Å². The number of hydrogen-bond acceptors (Lipinski definition) is 1. The topological polar surface area (TPSA) is 3.24 Å². The van der Waals surface area contributed by atoms with Gasteiger partial charge in [-0.3, -0.25) is 0 Å². The van der Waals surface area contributed by atoms with Crippen LogP contribution in [0.25, 0.3) is 0 Å². The maximum Gasteiger partial charge on any atom is -0.00219 e. The van der Waals surface area contributed by atoms with Crippen LogP contribution in [-0.4, -0.2) is 25.0 Å². The Morgan fingerprint density at radius 3 is 1.55 bits per heavy atom. The van der Waals surface area contributed by atoms with Crippen LogP contribution in [-0.2, 0) is 0 Å². The fourth-order valence-electron chi connectivity index (χ4n) is 2.79. The Hall–Kier alpha value is -0.300. The molecule has 0 rings (SSSR count). The molecule has 0 spiro atoms. The molecule has 0 heterocycles. The molecule has 0 aromatic heterocycles. The van der Waals surface area contributed by atoms with Crippen molar-refractivity contribution < 1.29 is 0 Å². The highest BCUT2D eigenvalue weighted by molar-refractivity contribution is 4.81. The normalized spacial score (nSPS) is 11.8. The van der Waals surface area contributed by atoms with Crippen molar-refractivity contribution in [1.29, 1.82) is 0 Å². The highest BCUT2D eigenvalue weighted by Gasteiger charge is 1.94. The van der Waals surface area contributed by atoms with Crippen molar-refractivity contribution in [2.45, 2.75) is 104 Å². The van der Waals surface area contributed by atoms with Gasteiger partial charge in [0.15, 0.2) is 0 Å². The van der Waals surface area contributed by atoms with Crippen molar-refractivity contribution in [3.8, 4) is 0 Å². The van der Waals surface area contributed by atoms with Gasteiger partial charge in [-0.15, -0.1) is 0 Å². The first-order valence-corrected chi connectivity index (χ1v) is 10.1. The molecule has 0 amide bonds. The van der Waals surface area contributed by atoms with E-state index in [4.69, 9.17) is 0 Å². The average molecular weight is 310 g/mol. The van der Waals surface area contributed by atoms with Gasteiger partial charge >= 0.3 is 0 Å². The number of unbranched alkanes of at least 4 members (excludes halogenated alkanes) is 12. The first-order chi connectivity index (χ1) is 10.8. The molecule has 0 aromatic rings. The standard InChI is InChI=1S/C21H43N/c1-4-6-7-8-9-10-11-12-13-14-15-16-17-18-19-20-21-22(3)5-2/h12-13H,4-11,14-21H2,1-3H3/b13-12-. The van der Waals surface area contributed by atoms with Crippen LogP contribution in [0.15, 0.2) is 12.2 Å². The van der Waals surface area contributed by atoms with E-state index in [2.05, 4.69) is 37.9 Å². The first-order valence-electron chi connectivity index (χ1n) is 10.1. The Balaban J connectivity index is 3.08. The molecular formula is C21H43N. The molecule has 1 heteroatoms. The summed E-state index contributed by atoms with van der Waals surface area (Å²) < 4.78 is 0. The minimum absolute atomic E-state index is 1.19.